The number of carboxylic acids is 1. The number of carbonyl (C=O) groups is 1. The number of nitrogens with zero attached hydrogens (tertiary/aromatic N) is 1. The van der Waals surface area contributed by atoms with E-state index in [1.807, 2.05) is 44.2 Å². The van der Waals surface area contributed by atoms with Crippen LogP contribution in [0.1, 0.15) is 29.8 Å². The Morgan fingerprint density at radius 3 is 2.57 bits per heavy atom. The first-order chi connectivity index (χ1) is 10.1. The van der Waals surface area contributed by atoms with E-state index in [0.717, 1.165) is 23.4 Å². The Bertz CT molecular complexity index is 611. The van der Waals surface area contributed by atoms with E-state index in [2.05, 4.69) is 4.98 Å². The SMILES string of the molecule is CCc1nc(C)ccc1OCC(C(=O)O)c1ccccc1. The molecule has 2 rings (SSSR count). The summed E-state index contributed by atoms with van der Waals surface area (Å²) in [6.07, 6.45) is 0.750. The van der Waals surface area contributed by atoms with E-state index in [1.165, 1.54) is 0 Å². The molecule has 0 fully saturated rings. The number of carboxylic acid groups (broad SMARTS) is 1. The lowest BCUT2D eigenvalue weighted by Gasteiger charge is -2.16. The zero-order chi connectivity index (χ0) is 15.2. The fraction of sp³-hybridized carbons (Fsp3) is 0.294. The quantitative estimate of drug-likeness (QED) is 0.885. The van der Waals surface area contributed by atoms with Gasteiger partial charge in [0, 0.05) is 5.69 Å². The molecule has 0 aliphatic carbocycles. The van der Waals surface area contributed by atoms with Crippen LogP contribution in [0.2, 0.25) is 0 Å². The van der Waals surface area contributed by atoms with Gasteiger partial charge in [0.1, 0.15) is 18.3 Å². The van der Waals surface area contributed by atoms with Gasteiger partial charge in [0.25, 0.3) is 0 Å². The fourth-order valence-electron chi connectivity index (χ4n) is 2.15. The number of ether oxygens (including phenoxy) is 1. The molecule has 0 bridgehead atoms. The molecule has 1 N–H and O–H groups in total. The molecule has 0 saturated heterocycles. The van der Waals surface area contributed by atoms with Crippen LogP contribution < -0.4 is 4.74 Å². The molecule has 0 aliphatic rings. The molecule has 1 atom stereocenters. The molecule has 0 spiro atoms. The van der Waals surface area contributed by atoms with Crippen LogP contribution in [0.4, 0.5) is 0 Å². The van der Waals surface area contributed by atoms with E-state index in [4.69, 9.17) is 4.74 Å². The summed E-state index contributed by atoms with van der Waals surface area (Å²) in [5, 5.41) is 9.38. The molecule has 1 heterocycles. The Morgan fingerprint density at radius 2 is 1.95 bits per heavy atom. The van der Waals surface area contributed by atoms with Crippen molar-refractivity contribution in [2.45, 2.75) is 26.2 Å². The second-order valence-electron chi connectivity index (χ2n) is 4.86. The standard InChI is InChI=1S/C17H19NO3/c1-3-15-16(10-9-12(2)18-15)21-11-14(17(19)20)13-7-5-4-6-8-13/h4-10,14H,3,11H2,1-2H3,(H,19,20). The van der Waals surface area contributed by atoms with E-state index in [0.29, 0.717) is 5.75 Å². The van der Waals surface area contributed by atoms with Crippen LogP contribution in [0, 0.1) is 6.92 Å². The fourth-order valence-corrected chi connectivity index (χ4v) is 2.15. The third-order valence-corrected chi connectivity index (χ3v) is 3.31. The van der Waals surface area contributed by atoms with Gasteiger partial charge < -0.3 is 9.84 Å². The maximum Gasteiger partial charge on any atom is 0.314 e. The third kappa shape index (κ3) is 3.81. The summed E-state index contributed by atoms with van der Waals surface area (Å²) in [7, 11) is 0. The highest BCUT2D eigenvalue weighted by molar-refractivity contribution is 5.76. The Morgan fingerprint density at radius 1 is 1.24 bits per heavy atom. The van der Waals surface area contributed by atoms with Crippen molar-refractivity contribution in [2.75, 3.05) is 6.61 Å². The van der Waals surface area contributed by atoms with Gasteiger partial charge >= 0.3 is 5.97 Å². The number of aryl methyl sites for hydroxylation is 2. The molecule has 1 unspecified atom stereocenters. The second kappa shape index (κ2) is 6.88. The molecule has 21 heavy (non-hydrogen) atoms. The van der Waals surface area contributed by atoms with Crippen molar-refractivity contribution in [3.05, 3.63) is 59.4 Å². The lowest BCUT2D eigenvalue weighted by Crippen LogP contribution is -2.20. The number of rotatable bonds is 6. The molecular formula is C17H19NO3. The van der Waals surface area contributed by atoms with Crippen LogP contribution in [0.5, 0.6) is 5.75 Å². The number of aromatic nitrogens is 1. The summed E-state index contributed by atoms with van der Waals surface area (Å²) in [5.41, 5.74) is 2.52. The zero-order valence-electron chi connectivity index (χ0n) is 12.2. The van der Waals surface area contributed by atoms with Crippen molar-refractivity contribution in [1.82, 2.24) is 4.98 Å². The van der Waals surface area contributed by atoms with Gasteiger partial charge in [-0.3, -0.25) is 9.78 Å². The van der Waals surface area contributed by atoms with Crippen LogP contribution >= 0.6 is 0 Å². The van der Waals surface area contributed by atoms with E-state index in [9.17, 15) is 9.90 Å². The summed E-state index contributed by atoms with van der Waals surface area (Å²) >= 11 is 0. The molecule has 1 aromatic heterocycles. The van der Waals surface area contributed by atoms with Crippen molar-refractivity contribution in [1.29, 1.82) is 0 Å². The minimum atomic E-state index is -0.890. The van der Waals surface area contributed by atoms with Gasteiger partial charge in [-0.2, -0.15) is 0 Å². The van der Waals surface area contributed by atoms with Gasteiger partial charge in [0.15, 0.2) is 0 Å². The van der Waals surface area contributed by atoms with Crippen molar-refractivity contribution in [2.24, 2.45) is 0 Å². The molecule has 0 radical (unpaired) electrons. The van der Waals surface area contributed by atoms with Crippen LogP contribution in [-0.2, 0) is 11.2 Å². The largest absolute Gasteiger partial charge is 0.490 e. The van der Waals surface area contributed by atoms with Crippen LogP contribution in [0.25, 0.3) is 0 Å². The highest BCUT2D eigenvalue weighted by Gasteiger charge is 2.21. The first-order valence-corrected chi connectivity index (χ1v) is 6.99. The topological polar surface area (TPSA) is 59.4 Å². The maximum absolute atomic E-state index is 11.4. The maximum atomic E-state index is 11.4. The van der Waals surface area contributed by atoms with Crippen LogP contribution in [0.3, 0.4) is 0 Å². The van der Waals surface area contributed by atoms with E-state index < -0.39 is 11.9 Å². The van der Waals surface area contributed by atoms with Crippen LogP contribution in [-0.4, -0.2) is 22.7 Å². The van der Waals surface area contributed by atoms with Crippen molar-refractivity contribution < 1.29 is 14.6 Å². The van der Waals surface area contributed by atoms with Gasteiger partial charge in [0.05, 0.1) is 5.69 Å². The Hall–Kier alpha value is -2.36. The summed E-state index contributed by atoms with van der Waals surface area (Å²) in [6, 6.07) is 12.8. The average Bonchev–Trinajstić information content (AvgIpc) is 2.49. The molecule has 1 aromatic carbocycles. The Labute approximate surface area is 124 Å². The molecule has 2 aromatic rings. The summed E-state index contributed by atoms with van der Waals surface area (Å²) in [5.74, 6) is -0.915. The minimum absolute atomic E-state index is 0.0943. The van der Waals surface area contributed by atoms with Crippen molar-refractivity contribution >= 4 is 5.97 Å². The summed E-state index contributed by atoms with van der Waals surface area (Å²) in [6.45, 7) is 4.02. The number of pyridine rings is 1. The van der Waals surface area contributed by atoms with Crippen LogP contribution in [0.15, 0.2) is 42.5 Å². The van der Waals surface area contributed by atoms with Gasteiger partial charge in [-0.25, -0.2) is 0 Å². The predicted octanol–water partition coefficient (Wildman–Crippen LogP) is 3.20. The van der Waals surface area contributed by atoms with Crippen molar-refractivity contribution in [3.63, 3.8) is 0 Å². The minimum Gasteiger partial charge on any atom is -0.490 e. The van der Waals surface area contributed by atoms with Gasteiger partial charge in [-0.15, -0.1) is 0 Å². The number of benzene rings is 1. The van der Waals surface area contributed by atoms with E-state index in [-0.39, 0.29) is 6.61 Å². The predicted molar refractivity (Wildman–Crippen MR) is 80.7 cm³/mol. The van der Waals surface area contributed by atoms with E-state index >= 15 is 0 Å². The zero-order valence-corrected chi connectivity index (χ0v) is 12.2. The lowest BCUT2D eigenvalue weighted by molar-refractivity contribution is -0.139. The molecule has 4 nitrogen and oxygen atoms in total. The molecule has 0 aliphatic heterocycles. The van der Waals surface area contributed by atoms with Crippen molar-refractivity contribution in [3.8, 4) is 5.75 Å². The first kappa shape index (κ1) is 15.0. The second-order valence-corrected chi connectivity index (χ2v) is 4.86. The summed E-state index contributed by atoms with van der Waals surface area (Å²) < 4.78 is 5.72. The Kier molecular flexibility index (Phi) is 4.93. The monoisotopic (exact) mass is 285 g/mol. The third-order valence-electron chi connectivity index (χ3n) is 3.31. The number of hydrogen-bond donors (Lipinski definition) is 1. The average molecular weight is 285 g/mol. The summed E-state index contributed by atoms with van der Waals surface area (Å²) in [4.78, 5) is 15.8. The Balaban J connectivity index is 2.15. The molecule has 0 amide bonds. The highest BCUT2D eigenvalue weighted by atomic mass is 16.5. The first-order valence-electron chi connectivity index (χ1n) is 6.99. The normalized spacial score (nSPS) is 11.9. The number of aliphatic carboxylic acids is 1. The van der Waals surface area contributed by atoms with E-state index in [1.54, 1.807) is 12.1 Å². The molecule has 4 heteroatoms. The highest BCUT2D eigenvalue weighted by Crippen LogP contribution is 2.21. The lowest BCUT2D eigenvalue weighted by atomic mass is 10.0. The molecule has 0 saturated carbocycles. The number of hydrogen-bond acceptors (Lipinski definition) is 3. The van der Waals surface area contributed by atoms with Gasteiger partial charge in [-0.05, 0) is 31.0 Å². The van der Waals surface area contributed by atoms with Gasteiger partial charge in [-0.1, -0.05) is 37.3 Å². The molecule has 110 valence electrons. The molecular weight excluding hydrogens is 266 g/mol. The van der Waals surface area contributed by atoms with Gasteiger partial charge in [0.2, 0.25) is 0 Å². The smallest absolute Gasteiger partial charge is 0.314 e.